The van der Waals surface area contributed by atoms with Gasteiger partial charge in [0.15, 0.2) is 0 Å². The van der Waals surface area contributed by atoms with E-state index in [2.05, 4.69) is 24.4 Å². The van der Waals surface area contributed by atoms with Crippen LogP contribution >= 0.6 is 35.3 Å². The first kappa shape index (κ1) is 12.1. The Morgan fingerprint density at radius 1 is 1.33 bits per heavy atom. The van der Waals surface area contributed by atoms with E-state index >= 15 is 0 Å². The number of hydrogen-bond donors (Lipinski definition) is 0. The molecule has 0 aliphatic heterocycles. The van der Waals surface area contributed by atoms with E-state index in [0.29, 0.717) is 0 Å². The minimum atomic E-state index is 0. The van der Waals surface area contributed by atoms with Crippen LogP contribution < -0.4 is 0 Å². The quantitative estimate of drug-likeness (QED) is 0.621. The lowest BCUT2D eigenvalue weighted by Crippen LogP contribution is -1.42. The summed E-state index contributed by atoms with van der Waals surface area (Å²) in [7, 11) is 0. The fourth-order valence-corrected chi connectivity index (χ4v) is 0.890. The molecule has 54 valence electrons. The van der Waals surface area contributed by atoms with Gasteiger partial charge in [0.2, 0.25) is 0 Å². The van der Waals surface area contributed by atoms with Gasteiger partial charge in [0.25, 0.3) is 0 Å². The number of rotatable bonds is 0. The molecule has 0 bridgehead atoms. The Morgan fingerprint density at radius 2 is 1.89 bits per heavy atom. The molecule has 1 heterocycles. The zero-order valence-electron chi connectivity index (χ0n) is 6.05. The summed E-state index contributed by atoms with van der Waals surface area (Å²) >= 11 is 1.78. The molecule has 0 atom stereocenters. The lowest BCUT2D eigenvalue weighted by atomic mass is 10.5. The van der Waals surface area contributed by atoms with Crippen molar-refractivity contribution in [1.29, 1.82) is 0 Å². The van der Waals surface area contributed by atoms with Gasteiger partial charge in [-0.2, -0.15) is 0 Å². The van der Waals surface area contributed by atoms with E-state index in [4.69, 9.17) is 0 Å². The zero-order chi connectivity index (χ0) is 6.41. The van der Waals surface area contributed by atoms with Crippen LogP contribution in [0.4, 0.5) is 0 Å². The van der Waals surface area contributed by atoms with Crippen LogP contribution in [0.25, 0.3) is 0 Å². The first-order chi connectivity index (χ1) is 3.89. The smallest absolute Gasteiger partial charge is 0.00141 e. The van der Waals surface area contributed by atoms with Crippen molar-refractivity contribution in [3.63, 3.8) is 0 Å². The predicted octanol–water partition coefficient (Wildman–Crippen LogP) is 3.70. The molecule has 1 rings (SSSR count). The topological polar surface area (TPSA) is 0 Å². The van der Waals surface area contributed by atoms with Gasteiger partial charge in [-0.15, -0.1) is 35.3 Å². The molecule has 0 saturated heterocycles. The van der Waals surface area contributed by atoms with Crippen molar-refractivity contribution in [2.75, 3.05) is 0 Å². The van der Waals surface area contributed by atoms with E-state index in [-0.39, 0.29) is 24.0 Å². The van der Waals surface area contributed by atoms with Crippen molar-refractivity contribution in [3.8, 4) is 0 Å². The molecule has 0 aromatic carbocycles. The van der Waals surface area contributed by atoms with E-state index < -0.39 is 0 Å². The molecule has 1 aromatic rings. The van der Waals surface area contributed by atoms with Crippen LogP contribution in [0.3, 0.4) is 0 Å². The van der Waals surface area contributed by atoms with Gasteiger partial charge in [-0.3, -0.25) is 0 Å². The molecule has 2 heteroatoms. The Hall–Kier alpha value is 0.430. The summed E-state index contributed by atoms with van der Waals surface area (Å²) in [6, 6.07) is 4.16. The van der Waals surface area contributed by atoms with E-state index in [1.807, 2.05) is 13.8 Å². The Kier molecular flexibility index (Phi) is 11.4. The first-order valence-electron chi connectivity index (χ1n) is 2.90. The van der Waals surface area contributed by atoms with Crippen molar-refractivity contribution in [3.05, 3.63) is 22.4 Å². The van der Waals surface area contributed by atoms with Crippen molar-refractivity contribution < 1.29 is 0 Å². The summed E-state index contributed by atoms with van der Waals surface area (Å²) < 4.78 is 0. The van der Waals surface area contributed by atoms with E-state index in [0.717, 1.165) is 0 Å². The minimum absolute atomic E-state index is 0. The van der Waals surface area contributed by atoms with E-state index in [1.54, 1.807) is 11.3 Å². The Morgan fingerprint density at radius 3 is 2.00 bits per heavy atom. The lowest BCUT2D eigenvalue weighted by Gasteiger charge is -1.65. The molecule has 0 spiro atoms. The average molecular weight is 256 g/mol. The number of thiophene rings is 1. The molecule has 0 fully saturated rings. The highest BCUT2D eigenvalue weighted by atomic mass is 127. The second-order valence-electron chi connectivity index (χ2n) is 1.22. The fourth-order valence-electron chi connectivity index (χ4n) is 0.361. The highest BCUT2D eigenvalue weighted by Gasteiger charge is 1.74. The first-order valence-corrected chi connectivity index (χ1v) is 3.77. The number of hydrogen-bond acceptors (Lipinski definition) is 1. The van der Waals surface area contributed by atoms with Crippen LogP contribution in [0.5, 0.6) is 0 Å². The molecular formula is C7H13IS. The van der Waals surface area contributed by atoms with Crippen LogP contribution in [-0.2, 0) is 0 Å². The summed E-state index contributed by atoms with van der Waals surface area (Å²) in [6.45, 7) is 6.10. The highest BCUT2D eigenvalue weighted by molar-refractivity contribution is 14.0. The van der Waals surface area contributed by atoms with Crippen molar-refractivity contribution in [1.82, 2.24) is 0 Å². The third kappa shape index (κ3) is 6.31. The van der Waals surface area contributed by atoms with Crippen molar-refractivity contribution >= 4 is 35.3 Å². The Balaban J connectivity index is 0. The second-order valence-corrected chi connectivity index (χ2v) is 2.38. The molecule has 9 heavy (non-hydrogen) atoms. The van der Waals surface area contributed by atoms with Crippen LogP contribution in [0, 0.1) is 6.92 Å². The molecular weight excluding hydrogens is 243 g/mol. The van der Waals surface area contributed by atoms with Crippen molar-refractivity contribution in [2.45, 2.75) is 20.8 Å². The average Bonchev–Trinajstić information content (AvgIpc) is 2.24. The standard InChI is InChI=1S/C5H6S.C2H6.HI/c1-5-3-2-4-6-5;1-2;/h2-4H,1H3;1-2H3;1H. The Labute approximate surface area is 78.3 Å². The van der Waals surface area contributed by atoms with Crippen LogP contribution in [0.1, 0.15) is 18.7 Å². The maximum atomic E-state index is 2.10. The molecule has 1 aromatic heterocycles. The van der Waals surface area contributed by atoms with E-state index in [1.165, 1.54) is 4.88 Å². The summed E-state index contributed by atoms with van der Waals surface area (Å²) in [5.74, 6) is 0. The van der Waals surface area contributed by atoms with Crippen LogP contribution in [0.2, 0.25) is 0 Å². The lowest BCUT2D eigenvalue weighted by molar-refractivity contribution is 1.50. The summed E-state index contributed by atoms with van der Waals surface area (Å²) in [6.07, 6.45) is 0. The van der Waals surface area contributed by atoms with Gasteiger partial charge < -0.3 is 0 Å². The van der Waals surface area contributed by atoms with Gasteiger partial charge in [0.05, 0.1) is 0 Å². The molecule has 0 aliphatic rings. The maximum absolute atomic E-state index is 2.10. The maximum Gasteiger partial charge on any atom is 0.00141 e. The van der Waals surface area contributed by atoms with Gasteiger partial charge in [-0.05, 0) is 18.4 Å². The van der Waals surface area contributed by atoms with Crippen LogP contribution in [0.15, 0.2) is 17.5 Å². The molecule has 0 aliphatic carbocycles. The fraction of sp³-hybridized carbons (Fsp3) is 0.429. The Bertz CT molecular complexity index is 112. The zero-order valence-corrected chi connectivity index (χ0v) is 9.20. The van der Waals surface area contributed by atoms with Gasteiger partial charge in [-0.1, -0.05) is 19.9 Å². The van der Waals surface area contributed by atoms with Gasteiger partial charge in [0, 0.05) is 4.88 Å². The van der Waals surface area contributed by atoms with E-state index in [9.17, 15) is 0 Å². The molecule has 0 amide bonds. The van der Waals surface area contributed by atoms with Gasteiger partial charge >= 0.3 is 0 Å². The molecule has 0 nitrogen and oxygen atoms in total. The molecule has 0 saturated carbocycles. The third-order valence-corrected chi connectivity index (χ3v) is 1.46. The van der Waals surface area contributed by atoms with Gasteiger partial charge in [0.1, 0.15) is 0 Å². The normalized spacial score (nSPS) is 6.56. The largest absolute Gasteiger partial charge is 0.149 e. The molecule has 0 unspecified atom stereocenters. The van der Waals surface area contributed by atoms with Gasteiger partial charge in [-0.25, -0.2) is 0 Å². The summed E-state index contributed by atoms with van der Waals surface area (Å²) in [4.78, 5) is 1.38. The second kappa shape index (κ2) is 8.43. The molecule has 0 N–H and O–H groups in total. The highest BCUT2D eigenvalue weighted by Crippen LogP contribution is 2.03. The number of aryl methyl sites for hydroxylation is 1. The predicted molar refractivity (Wildman–Crippen MR) is 55.8 cm³/mol. The third-order valence-electron chi connectivity index (χ3n) is 0.663. The molecule has 0 radical (unpaired) electrons. The number of halogens is 1. The monoisotopic (exact) mass is 256 g/mol. The van der Waals surface area contributed by atoms with Crippen molar-refractivity contribution in [2.24, 2.45) is 0 Å². The summed E-state index contributed by atoms with van der Waals surface area (Å²) in [5.41, 5.74) is 0. The van der Waals surface area contributed by atoms with Crippen LogP contribution in [-0.4, -0.2) is 0 Å². The summed E-state index contributed by atoms with van der Waals surface area (Å²) in [5, 5.41) is 2.08. The SMILES string of the molecule is CC.Cc1cccs1.I. The minimum Gasteiger partial charge on any atom is -0.149 e.